The van der Waals surface area contributed by atoms with Gasteiger partial charge in [-0.3, -0.25) is 4.79 Å². The summed E-state index contributed by atoms with van der Waals surface area (Å²) in [6.07, 6.45) is 5.20. The second kappa shape index (κ2) is 6.86. The summed E-state index contributed by atoms with van der Waals surface area (Å²) in [4.78, 5) is 15.9. The van der Waals surface area contributed by atoms with E-state index in [9.17, 15) is 4.79 Å². The van der Waals surface area contributed by atoms with Crippen LogP contribution in [0.15, 0.2) is 0 Å². The zero-order chi connectivity index (χ0) is 12.0. The molecule has 0 spiro atoms. The summed E-state index contributed by atoms with van der Waals surface area (Å²) in [5, 5.41) is 9.02. The second-order valence-corrected chi connectivity index (χ2v) is 4.80. The zero-order valence-electron chi connectivity index (χ0n) is 10.5. The van der Waals surface area contributed by atoms with Crippen molar-refractivity contribution in [1.82, 2.24) is 9.80 Å². The number of aliphatic hydroxyl groups excluding tert-OH is 1. The predicted octanol–water partition coefficient (Wildman–Crippen LogP) is 0.702. The standard InChI is InChI=1S/C12H24N2O2/c1-13(2)8-7-12(16)14(9-10-15)11-5-3-4-6-11/h11,15H,3-10H2,1-2H3. The predicted molar refractivity (Wildman–Crippen MR) is 64.2 cm³/mol. The van der Waals surface area contributed by atoms with Crippen molar-refractivity contribution in [3.05, 3.63) is 0 Å². The number of rotatable bonds is 6. The molecule has 1 fully saturated rings. The number of hydrogen-bond donors (Lipinski definition) is 1. The summed E-state index contributed by atoms with van der Waals surface area (Å²) in [6, 6.07) is 0.377. The lowest BCUT2D eigenvalue weighted by Gasteiger charge is -2.28. The molecular weight excluding hydrogens is 204 g/mol. The van der Waals surface area contributed by atoms with Gasteiger partial charge >= 0.3 is 0 Å². The molecule has 94 valence electrons. The molecule has 0 aromatic rings. The van der Waals surface area contributed by atoms with Gasteiger partial charge in [-0.2, -0.15) is 0 Å². The third-order valence-corrected chi connectivity index (χ3v) is 3.20. The maximum atomic E-state index is 12.0. The normalized spacial score (nSPS) is 17.0. The van der Waals surface area contributed by atoms with Crippen molar-refractivity contribution in [1.29, 1.82) is 0 Å². The lowest BCUT2D eigenvalue weighted by Crippen LogP contribution is -2.41. The number of carbonyl (C=O) groups is 1. The molecule has 16 heavy (non-hydrogen) atoms. The van der Waals surface area contributed by atoms with Crippen LogP contribution >= 0.6 is 0 Å². The molecule has 1 aliphatic rings. The van der Waals surface area contributed by atoms with Gasteiger partial charge in [-0.1, -0.05) is 12.8 Å². The number of aliphatic hydroxyl groups is 1. The number of nitrogens with zero attached hydrogens (tertiary/aromatic N) is 2. The molecule has 1 N–H and O–H groups in total. The van der Waals surface area contributed by atoms with Crippen LogP contribution in [0.25, 0.3) is 0 Å². The van der Waals surface area contributed by atoms with Crippen LogP contribution in [0.3, 0.4) is 0 Å². The summed E-state index contributed by atoms with van der Waals surface area (Å²) in [7, 11) is 3.94. The van der Waals surface area contributed by atoms with Crippen molar-refractivity contribution in [3.8, 4) is 0 Å². The van der Waals surface area contributed by atoms with E-state index in [2.05, 4.69) is 0 Å². The van der Waals surface area contributed by atoms with Crippen LogP contribution in [-0.2, 0) is 4.79 Å². The molecule has 1 amide bonds. The van der Waals surface area contributed by atoms with E-state index in [4.69, 9.17) is 5.11 Å². The monoisotopic (exact) mass is 228 g/mol. The molecule has 1 aliphatic carbocycles. The van der Waals surface area contributed by atoms with Crippen molar-refractivity contribution in [3.63, 3.8) is 0 Å². The second-order valence-electron chi connectivity index (χ2n) is 4.80. The topological polar surface area (TPSA) is 43.8 Å². The largest absolute Gasteiger partial charge is 0.395 e. The summed E-state index contributed by atoms with van der Waals surface area (Å²) in [6.45, 7) is 1.36. The van der Waals surface area contributed by atoms with Crippen LogP contribution in [0.1, 0.15) is 32.1 Å². The number of carbonyl (C=O) groups excluding carboxylic acids is 1. The first-order valence-electron chi connectivity index (χ1n) is 6.20. The molecule has 0 bridgehead atoms. The molecule has 0 unspecified atom stereocenters. The maximum absolute atomic E-state index is 12.0. The quantitative estimate of drug-likeness (QED) is 0.728. The Labute approximate surface area is 98.2 Å². The summed E-state index contributed by atoms with van der Waals surface area (Å²) in [5.74, 6) is 0.189. The van der Waals surface area contributed by atoms with Gasteiger partial charge in [0.2, 0.25) is 5.91 Å². The van der Waals surface area contributed by atoms with Crippen molar-refractivity contribution < 1.29 is 9.90 Å². The molecule has 1 saturated carbocycles. The summed E-state index contributed by atoms with van der Waals surface area (Å²) < 4.78 is 0. The van der Waals surface area contributed by atoms with Crippen molar-refractivity contribution in [2.24, 2.45) is 0 Å². The van der Waals surface area contributed by atoms with Gasteiger partial charge in [0.1, 0.15) is 0 Å². The molecule has 0 saturated heterocycles. The highest BCUT2D eigenvalue weighted by molar-refractivity contribution is 5.76. The summed E-state index contributed by atoms with van der Waals surface area (Å²) in [5.41, 5.74) is 0. The van der Waals surface area contributed by atoms with E-state index in [1.54, 1.807) is 0 Å². The minimum atomic E-state index is 0.0736. The Morgan fingerprint density at radius 1 is 1.25 bits per heavy atom. The van der Waals surface area contributed by atoms with Gasteiger partial charge < -0.3 is 14.9 Å². The lowest BCUT2D eigenvalue weighted by atomic mass is 10.2. The SMILES string of the molecule is CN(C)CCC(=O)N(CCO)C1CCCC1. The average Bonchev–Trinajstić information content (AvgIpc) is 2.75. The smallest absolute Gasteiger partial charge is 0.224 e. The first-order chi connectivity index (χ1) is 7.65. The highest BCUT2D eigenvalue weighted by Crippen LogP contribution is 2.23. The number of hydrogen-bond acceptors (Lipinski definition) is 3. The van der Waals surface area contributed by atoms with Crippen LogP contribution in [0.2, 0.25) is 0 Å². The Morgan fingerprint density at radius 3 is 2.38 bits per heavy atom. The highest BCUT2D eigenvalue weighted by Gasteiger charge is 2.25. The van der Waals surface area contributed by atoms with Gasteiger partial charge in [-0.25, -0.2) is 0 Å². The van der Waals surface area contributed by atoms with E-state index in [-0.39, 0.29) is 12.5 Å². The maximum Gasteiger partial charge on any atom is 0.224 e. The molecule has 0 heterocycles. The minimum absolute atomic E-state index is 0.0736. The Kier molecular flexibility index (Phi) is 5.77. The minimum Gasteiger partial charge on any atom is -0.395 e. The van der Waals surface area contributed by atoms with Crippen LogP contribution in [0.4, 0.5) is 0 Å². The van der Waals surface area contributed by atoms with Crippen LogP contribution in [0, 0.1) is 0 Å². The third kappa shape index (κ3) is 4.10. The van der Waals surface area contributed by atoms with Crippen LogP contribution < -0.4 is 0 Å². The molecular formula is C12H24N2O2. The molecule has 0 atom stereocenters. The van der Waals surface area contributed by atoms with Crippen LogP contribution in [0.5, 0.6) is 0 Å². The van der Waals surface area contributed by atoms with E-state index in [0.29, 0.717) is 19.0 Å². The Hall–Kier alpha value is -0.610. The van der Waals surface area contributed by atoms with E-state index >= 15 is 0 Å². The van der Waals surface area contributed by atoms with Gasteiger partial charge in [0.15, 0.2) is 0 Å². The first-order valence-corrected chi connectivity index (χ1v) is 6.20. The Bertz CT molecular complexity index is 213. The van der Waals surface area contributed by atoms with Gasteiger partial charge in [0.25, 0.3) is 0 Å². The molecule has 1 rings (SSSR count). The molecule has 0 aliphatic heterocycles. The lowest BCUT2D eigenvalue weighted by molar-refractivity contribution is -0.134. The van der Waals surface area contributed by atoms with Crippen LogP contribution in [-0.4, -0.2) is 60.6 Å². The Balaban J connectivity index is 2.44. The highest BCUT2D eigenvalue weighted by atomic mass is 16.3. The summed E-state index contributed by atoms with van der Waals surface area (Å²) >= 11 is 0. The fourth-order valence-corrected chi connectivity index (χ4v) is 2.30. The third-order valence-electron chi connectivity index (χ3n) is 3.20. The molecule has 0 aromatic heterocycles. The van der Waals surface area contributed by atoms with E-state index in [1.165, 1.54) is 12.8 Å². The molecule has 0 radical (unpaired) electrons. The van der Waals surface area contributed by atoms with Gasteiger partial charge in [0, 0.05) is 25.6 Å². The van der Waals surface area contributed by atoms with E-state index in [1.807, 2.05) is 23.9 Å². The van der Waals surface area contributed by atoms with Gasteiger partial charge in [0.05, 0.1) is 6.61 Å². The van der Waals surface area contributed by atoms with Crippen molar-refractivity contribution in [2.45, 2.75) is 38.1 Å². The van der Waals surface area contributed by atoms with Gasteiger partial charge in [-0.05, 0) is 26.9 Å². The fourth-order valence-electron chi connectivity index (χ4n) is 2.30. The van der Waals surface area contributed by atoms with Gasteiger partial charge in [-0.15, -0.1) is 0 Å². The molecule has 4 nitrogen and oxygen atoms in total. The number of amides is 1. The average molecular weight is 228 g/mol. The van der Waals surface area contributed by atoms with E-state index < -0.39 is 0 Å². The Morgan fingerprint density at radius 2 is 1.88 bits per heavy atom. The van der Waals surface area contributed by atoms with Crippen molar-refractivity contribution in [2.75, 3.05) is 33.8 Å². The van der Waals surface area contributed by atoms with E-state index in [0.717, 1.165) is 19.4 Å². The zero-order valence-corrected chi connectivity index (χ0v) is 10.5. The fraction of sp³-hybridized carbons (Fsp3) is 0.917. The first kappa shape index (κ1) is 13.5. The molecule has 4 heteroatoms. The molecule has 0 aromatic carbocycles. The van der Waals surface area contributed by atoms with Crippen molar-refractivity contribution >= 4 is 5.91 Å².